The van der Waals surface area contributed by atoms with E-state index in [0.717, 1.165) is 6.40 Å². The van der Waals surface area contributed by atoms with Crippen molar-refractivity contribution < 1.29 is 9.68 Å². The van der Waals surface area contributed by atoms with E-state index < -0.39 is 0 Å². The van der Waals surface area contributed by atoms with E-state index in [2.05, 4.69) is 25.3 Å². The van der Waals surface area contributed by atoms with Crippen LogP contribution in [0.15, 0.2) is 22.6 Å². The lowest BCUT2D eigenvalue weighted by molar-refractivity contribution is 0.229. The van der Waals surface area contributed by atoms with Crippen LogP contribution < -0.4 is 0 Å². The number of hydrogen-bond acceptors (Lipinski definition) is 5. The minimum absolute atomic E-state index is 0.269. The summed E-state index contributed by atoms with van der Waals surface area (Å²) in [6.45, 7) is 0. The highest BCUT2D eigenvalue weighted by Gasteiger charge is 2.09. The van der Waals surface area contributed by atoms with Gasteiger partial charge in [-0.05, 0) is 16.4 Å². The van der Waals surface area contributed by atoms with Gasteiger partial charge in [-0.25, -0.2) is 0 Å². The number of H-pyrrole nitrogens is 1. The van der Waals surface area contributed by atoms with Gasteiger partial charge < -0.3 is 9.68 Å². The third kappa shape index (κ3) is 1.05. The van der Waals surface area contributed by atoms with Gasteiger partial charge in [-0.3, -0.25) is 5.10 Å². The van der Waals surface area contributed by atoms with Crippen molar-refractivity contribution in [3.8, 4) is 0 Å². The summed E-state index contributed by atoms with van der Waals surface area (Å²) in [6, 6.07) is 1.70. The molecule has 1 aliphatic rings. The average molecular weight is 152 g/mol. The van der Waals surface area contributed by atoms with E-state index in [9.17, 15) is 0 Å². The van der Waals surface area contributed by atoms with E-state index in [1.807, 2.05) is 0 Å². The molecule has 11 heavy (non-hydrogen) atoms. The molecule has 1 N–H and O–H groups in total. The molecule has 0 aliphatic carbocycles. The first-order valence-corrected chi connectivity index (χ1v) is 2.89. The predicted molar refractivity (Wildman–Crippen MR) is 35.8 cm³/mol. The molecular formula is C5H4N4O2. The number of nitrogens with one attached hydrogen (secondary N) is 1. The first-order chi connectivity index (χ1) is 5.47. The predicted octanol–water partition coefficient (Wildman–Crippen LogP) is 0.0614. The molecule has 6 heteroatoms. The second-order valence-corrected chi connectivity index (χ2v) is 1.77. The lowest BCUT2D eigenvalue weighted by atomic mass is 10.4. The Morgan fingerprint density at radius 3 is 3.09 bits per heavy atom. The van der Waals surface area contributed by atoms with E-state index in [1.54, 1.807) is 12.3 Å². The molecule has 0 spiro atoms. The molecule has 0 radical (unpaired) electrons. The first kappa shape index (κ1) is 5.90. The Balaban J connectivity index is 2.24. The van der Waals surface area contributed by atoms with Crippen LogP contribution in [-0.2, 0) is 9.68 Å². The van der Waals surface area contributed by atoms with Crippen molar-refractivity contribution in [1.29, 1.82) is 0 Å². The Hall–Kier alpha value is -1.85. The lowest BCUT2D eigenvalue weighted by Crippen LogP contribution is -2.08. The Morgan fingerprint density at radius 2 is 2.45 bits per heavy atom. The normalized spacial score (nSPS) is 15.1. The fraction of sp³-hybridized carbons (Fsp3) is 0. The quantitative estimate of drug-likeness (QED) is 0.618. The van der Waals surface area contributed by atoms with Crippen LogP contribution in [0.2, 0.25) is 0 Å². The van der Waals surface area contributed by atoms with Crippen LogP contribution in [-0.4, -0.2) is 22.5 Å². The van der Waals surface area contributed by atoms with Crippen LogP contribution in [0.4, 0.5) is 0 Å². The van der Waals surface area contributed by atoms with Gasteiger partial charge in [0.25, 0.3) is 0 Å². The molecule has 0 atom stereocenters. The van der Waals surface area contributed by atoms with Gasteiger partial charge in [0.05, 0.1) is 0 Å². The van der Waals surface area contributed by atoms with E-state index in [4.69, 9.17) is 4.84 Å². The summed E-state index contributed by atoms with van der Waals surface area (Å²) >= 11 is 0. The number of oxime groups is 2. The van der Waals surface area contributed by atoms with E-state index >= 15 is 0 Å². The smallest absolute Gasteiger partial charge is 0.309 e. The fourth-order valence-corrected chi connectivity index (χ4v) is 0.652. The zero-order valence-electron chi connectivity index (χ0n) is 5.39. The summed E-state index contributed by atoms with van der Waals surface area (Å²) in [4.78, 5) is 9.27. The molecule has 1 aromatic rings. The molecule has 6 nitrogen and oxygen atoms in total. The van der Waals surface area contributed by atoms with Gasteiger partial charge in [0.2, 0.25) is 6.40 Å². The zero-order valence-corrected chi connectivity index (χ0v) is 5.39. The summed E-state index contributed by atoms with van der Waals surface area (Å²) in [5.74, 6) is 0.269. The molecule has 0 fully saturated rings. The molecular weight excluding hydrogens is 148 g/mol. The minimum atomic E-state index is 0.269. The summed E-state index contributed by atoms with van der Waals surface area (Å²) in [5, 5.41) is 13.3. The lowest BCUT2D eigenvalue weighted by Gasteiger charge is -2.01. The van der Waals surface area contributed by atoms with E-state index in [-0.39, 0.29) is 5.90 Å². The van der Waals surface area contributed by atoms with Crippen molar-refractivity contribution in [1.82, 2.24) is 10.2 Å². The maximum absolute atomic E-state index is 4.75. The zero-order chi connectivity index (χ0) is 7.52. The SMILES string of the molecule is C1=NOC(c2ccn[nH]2)=NO1. The third-order valence-electron chi connectivity index (χ3n) is 1.10. The molecule has 0 aromatic carbocycles. The van der Waals surface area contributed by atoms with Gasteiger partial charge in [-0.1, -0.05) is 0 Å². The van der Waals surface area contributed by atoms with Crippen LogP contribution >= 0.6 is 0 Å². The van der Waals surface area contributed by atoms with Crippen LogP contribution in [0.25, 0.3) is 0 Å². The van der Waals surface area contributed by atoms with Crippen molar-refractivity contribution >= 4 is 12.3 Å². The highest BCUT2D eigenvalue weighted by atomic mass is 16.7. The van der Waals surface area contributed by atoms with Crippen LogP contribution in [0, 0.1) is 0 Å². The summed E-state index contributed by atoms with van der Waals surface area (Å²) in [6.07, 6.45) is 2.68. The van der Waals surface area contributed by atoms with E-state index in [0.29, 0.717) is 5.69 Å². The molecule has 56 valence electrons. The molecule has 2 heterocycles. The van der Waals surface area contributed by atoms with Crippen LogP contribution in [0.3, 0.4) is 0 Å². The molecule has 1 aromatic heterocycles. The summed E-state index contributed by atoms with van der Waals surface area (Å²) in [7, 11) is 0. The highest BCUT2D eigenvalue weighted by Crippen LogP contribution is 2.00. The fourth-order valence-electron chi connectivity index (χ4n) is 0.652. The molecule has 2 rings (SSSR count). The Kier molecular flexibility index (Phi) is 1.29. The van der Waals surface area contributed by atoms with Gasteiger partial charge >= 0.3 is 5.90 Å². The monoisotopic (exact) mass is 152 g/mol. The van der Waals surface area contributed by atoms with Gasteiger partial charge in [0, 0.05) is 6.20 Å². The van der Waals surface area contributed by atoms with Crippen LogP contribution in [0.1, 0.15) is 5.69 Å². The van der Waals surface area contributed by atoms with Crippen molar-refractivity contribution in [3.63, 3.8) is 0 Å². The van der Waals surface area contributed by atoms with Crippen molar-refractivity contribution in [2.45, 2.75) is 0 Å². The number of nitrogens with zero attached hydrogens (tertiary/aromatic N) is 3. The van der Waals surface area contributed by atoms with Gasteiger partial charge in [-0.15, -0.1) is 0 Å². The molecule has 0 amide bonds. The van der Waals surface area contributed by atoms with Gasteiger partial charge in [-0.2, -0.15) is 5.10 Å². The summed E-state index contributed by atoms with van der Waals surface area (Å²) in [5.41, 5.74) is 0.627. The molecule has 0 saturated carbocycles. The standard InChI is InChI=1S/C5H4N4O2/c1-2-6-8-4(1)5-9-10-3-7-11-5/h1-3H,(H,6,8). The molecule has 0 saturated heterocycles. The Labute approximate surface area is 61.5 Å². The van der Waals surface area contributed by atoms with E-state index in [1.165, 1.54) is 0 Å². The second-order valence-electron chi connectivity index (χ2n) is 1.77. The van der Waals surface area contributed by atoms with Gasteiger partial charge in [0.15, 0.2) is 0 Å². The number of rotatable bonds is 1. The average Bonchev–Trinajstić information content (AvgIpc) is 2.58. The summed E-state index contributed by atoms with van der Waals surface area (Å²) < 4.78 is 0. The van der Waals surface area contributed by atoms with Crippen molar-refractivity contribution in [3.05, 3.63) is 18.0 Å². The maximum atomic E-state index is 4.75. The van der Waals surface area contributed by atoms with Gasteiger partial charge in [0.1, 0.15) is 5.69 Å². The van der Waals surface area contributed by atoms with Crippen LogP contribution in [0.5, 0.6) is 0 Å². The highest BCUT2D eigenvalue weighted by molar-refractivity contribution is 5.92. The largest absolute Gasteiger partial charge is 0.337 e. The van der Waals surface area contributed by atoms with Crippen molar-refractivity contribution in [2.24, 2.45) is 10.3 Å². The third-order valence-corrected chi connectivity index (χ3v) is 1.10. The number of hydrogen-bond donors (Lipinski definition) is 1. The first-order valence-electron chi connectivity index (χ1n) is 2.89. The topological polar surface area (TPSA) is 71.9 Å². The van der Waals surface area contributed by atoms with Crippen molar-refractivity contribution in [2.75, 3.05) is 0 Å². The number of aromatic nitrogens is 2. The maximum Gasteiger partial charge on any atom is 0.309 e. The molecule has 0 bridgehead atoms. The molecule has 1 aliphatic heterocycles. The number of aromatic amines is 1. The Morgan fingerprint density at radius 1 is 1.45 bits per heavy atom. The molecule has 0 unspecified atom stereocenters. The minimum Gasteiger partial charge on any atom is -0.337 e. The Bertz CT molecular complexity index is 289. The second kappa shape index (κ2) is 2.41.